The summed E-state index contributed by atoms with van der Waals surface area (Å²) in [5.74, 6) is -1.37. The zero-order valence-corrected chi connectivity index (χ0v) is 10.0. The van der Waals surface area contributed by atoms with Gasteiger partial charge in [0.05, 0.1) is 4.92 Å². The molecule has 0 heterocycles. The second-order valence-electron chi connectivity index (χ2n) is 3.59. The number of carbonyl (C=O) groups excluding carboxylic acids is 1. The van der Waals surface area contributed by atoms with Gasteiger partial charge in [-0.2, -0.15) is 0 Å². The highest BCUT2D eigenvalue weighted by molar-refractivity contribution is 5.93. The summed E-state index contributed by atoms with van der Waals surface area (Å²) in [7, 11) is 0. The predicted molar refractivity (Wildman–Crippen MR) is 65.2 cm³/mol. The molecule has 1 rings (SSSR count). The fourth-order valence-electron chi connectivity index (χ4n) is 1.02. The summed E-state index contributed by atoms with van der Waals surface area (Å²) in [6, 6.07) is 4.73. The number of anilines is 1. The van der Waals surface area contributed by atoms with Crippen LogP contribution < -0.4 is 5.73 Å². The third kappa shape index (κ3) is 6.21. The molecule has 0 bridgehead atoms. The number of carboxylic acid groups (broad SMARTS) is 1. The molecule has 7 nitrogen and oxygen atoms in total. The molecule has 0 unspecified atom stereocenters. The SMILES string of the molecule is CC(=O)CC(=O)O.Cc1ccc(N)c([N+](=O)[O-])c1. The third-order valence-electron chi connectivity index (χ3n) is 1.78. The van der Waals surface area contributed by atoms with E-state index in [-0.39, 0.29) is 23.6 Å². The summed E-state index contributed by atoms with van der Waals surface area (Å²) >= 11 is 0. The number of nitrogens with two attached hydrogens (primary N) is 1. The van der Waals surface area contributed by atoms with Gasteiger partial charge in [-0.25, -0.2) is 0 Å². The summed E-state index contributed by atoms with van der Waals surface area (Å²) in [5, 5.41) is 18.2. The normalized spacial score (nSPS) is 9.00. The molecule has 0 saturated carbocycles. The number of aliphatic carboxylic acids is 1. The van der Waals surface area contributed by atoms with Crippen LogP contribution in [0.15, 0.2) is 18.2 Å². The van der Waals surface area contributed by atoms with Crippen LogP contribution in [-0.4, -0.2) is 21.8 Å². The lowest BCUT2D eigenvalue weighted by atomic mass is 10.2. The van der Waals surface area contributed by atoms with Crippen LogP contribution in [0.1, 0.15) is 18.9 Å². The fraction of sp³-hybridized carbons (Fsp3) is 0.273. The van der Waals surface area contributed by atoms with E-state index in [9.17, 15) is 19.7 Å². The average molecular weight is 254 g/mol. The lowest BCUT2D eigenvalue weighted by Crippen LogP contribution is -2.00. The van der Waals surface area contributed by atoms with E-state index in [0.29, 0.717) is 0 Å². The molecule has 0 aliphatic rings. The Hall–Kier alpha value is -2.44. The zero-order chi connectivity index (χ0) is 14.3. The highest BCUT2D eigenvalue weighted by Gasteiger charge is 2.09. The zero-order valence-electron chi connectivity index (χ0n) is 10.0. The van der Waals surface area contributed by atoms with Gasteiger partial charge in [-0.15, -0.1) is 0 Å². The molecule has 3 N–H and O–H groups in total. The van der Waals surface area contributed by atoms with E-state index in [1.165, 1.54) is 19.1 Å². The Morgan fingerprint density at radius 2 is 2.00 bits per heavy atom. The van der Waals surface area contributed by atoms with E-state index in [4.69, 9.17) is 10.8 Å². The molecule has 0 amide bonds. The smallest absolute Gasteiger partial charge is 0.310 e. The number of nitrogen functional groups attached to an aromatic ring is 1. The number of aryl methyl sites for hydroxylation is 1. The number of hydrogen-bond donors (Lipinski definition) is 2. The van der Waals surface area contributed by atoms with Crippen molar-refractivity contribution < 1.29 is 19.6 Å². The minimum Gasteiger partial charge on any atom is -0.481 e. The molecule has 0 fully saturated rings. The topological polar surface area (TPSA) is 124 Å². The molecular weight excluding hydrogens is 240 g/mol. The molecule has 0 aromatic heterocycles. The summed E-state index contributed by atoms with van der Waals surface area (Å²) in [4.78, 5) is 29.3. The molecule has 1 aromatic rings. The Kier molecular flexibility index (Phi) is 6.05. The van der Waals surface area contributed by atoms with Crippen LogP contribution in [0.25, 0.3) is 0 Å². The first-order valence-electron chi connectivity index (χ1n) is 4.95. The molecule has 0 spiro atoms. The average Bonchev–Trinajstić information content (AvgIpc) is 2.20. The summed E-state index contributed by atoms with van der Waals surface area (Å²) in [6.45, 7) is 3.03. The van der Waals surface area contributed by atoms with Crippen molar-refractivity contribution in [3.05, 3.63) is 33.9 Å². The number of nitro groups is 1. The number of nitro benzene ring substituents is 1. The van der Waals surface area contributed by atoms with E-state index in [1.807, 2.05) is 0 Å². The van der Waals surface area contributed by atoms with Crippen LogP contribution >= 0.6 is 0 Å². The van der Waals surface area contributed by atoms with Crippen LogP contribution in [0.3, 0.4) is 0 Å². The number of rotatable bonds is 3. The van der Waals surface area contributed by atoms with E-state index in [0.717, 1.165) is 5.56 Å². The van der Waals surface area contributed by atoms with E-state index in [2.05, 4.69) is 0 Å². The highest BCUT2D eigenvalue weighted by atomic mass is 16.6. The minimum atomic E-state index is -1.06. The van der Waals surface area contributed by atoms with Gasteiger partial charge in [-0.1, -0.05) is 6.07 Å². The van der Waals surface area contributed by atoms with E-state index < -0.39 is 10.9 Å². The first kappa shape index (κ1) is 15.6. The molecule has 0 aliphatic carbocycles. The van der Waals surface area contributed by atoms with Gasteiger partial charge in [-0.3, -0.25) is 19.7 Å². The van der Waals surface area contributed by atoms with Crippen molar-refractivity contribution in [2.75, 3.05) is 5.73 Å². The number of carbonyl (C=O) groups is 2. The largest absolute Gasteiger partial charge is 0.481 e. The molecular formula is C11H14N2O5. The monoisotopic (exact) mass is 254 g/mol. The van der Waals surface area contributed by atoms with Crippen molar-refractivity contribution in [2.24, 2.45) is 0 Å². The summed E-state index contributed by atoms with van der Waals surface area (Å²) < 4.78 is 0. The van der Waals surface area contributed by atoms with Crippen LogP contribution in [0.5, 0.6) is 0 Å². The Bertz CT molecular complexity index is 459. The Morgan fingerprint density at radius 3 is 2.28 bits per heavy atom. The number of carboxylic acids is 1. The fourth-order valence-corrected chi connectivity index (χ4v) is 1.02. The Morgan fingerprint density at radius 1 is 1.44 bits per heavy atom. The first-order chi connectivity index (χ1) is 8.23. The quantitative estimate of drug-likeness (QED) is 0.365. The van der Waals surface area contributed by atoms with Gasteiger partial charge < -0.3 is 10.8 Å². The van der Waals surface area contributed by atoms with Gasteiger partial charge in [-0.05, 0) is 25.5 Å². The molecule has 7 heteroatoms. The van der Waals surface area contributed by atoms with Crippen molar-refractivity contribution in [2.45, 2.75) is 20.3 Å². The maximum Gasteiger partial charge on any atom is 0.310 e. The van der Waals surface area contributed by atoms with Crippen LogP contribution in [0.2, 0.25) is 0 Å². The number of hydrogen-bond acceptors (Lipinski definition) is 5. The van der Waals surface area contributed by atoms with Crippen LogP contribution in [-0.2, 0) is 9.59 Å². The molecule has 0 saturated heterocycles. The number of nitrogens with zero attached hydrogens (tertiary/aromatic N) is 1. The lowest BCUT2D eigenvalue weighted by molar-refractivity contribution is -0.383. The van der Waals surface area contributed by atoms with Gasteiger partial charge in [0.1, 0.15) is 17.9 Å². The number of Topliss-reactive ketones (excluding diaryl/α,β-unsaturated/α-hetero) is 1. The van der Waals surface area contributed by atoms with Crippen LogP contribution in [0, 0.1) is 17.0 Å². The summed E-state index contributed by atoms with van der Waals surface area (Å²) in [6.07, 6.45) is -0.361. The molecule has 0 radical (unpaired) electrons. The second-order valence-corrected chi connectivity index (χ2v) is 3.59. The maximum absolute atomic E-state index is 10.3. The van der Waals surface area contributed by atoms with Gasteiger partial charge in [0, 0.05) is 6.07 Å². The predicted octanol–water partition coefficient (Wildman–Crippen LogP) is 1.54. The van der Waals surface area contributed by atoms with Crippen molar-refractivity contribution >= 4 is 23.1 Å². The van der Waals surface area contributed by atoms with Crippen molar-refractivity contribution in [3.63, 3.8) is 0 Å². The lowest BCUT2D eigenvalue weighted by Gasteiger charge is -1.96. The Labute approximate surface area is 103 Å². The third-order valence-corrected chi connectivity index (χ3v) is 1.78. The molecule has 98 valence electrons. The maximum atomic E-state index is 10.3. The van der Waals surface area contributed by atoms with Gasteiger partial charge in [0.25, 0.3) is 5.69 Å². The van der Waals surface area contributed by atoms with Gasteiger partial charge >= 0.3 is 5.97 Å². The molecule has 0 atom stereocenters. The number of ketones is 1. The molecule has 18 heavy (non-hydrogen) atoms. The number of benzene rings is 1. The van der Waals surface area contributed by atoms with Gasteiger partial charge in [0.15, 0.2) is 0 Å². The van der Waals surface area contributed by atoms with Crippen molar-refractivity contribution in [3.8, 4) is 0 Å². The van der Waals surface area contributed by atoms with Crippen molar-refractivity contribution in [1.29, 1.82) is 0 Å². The highest BCUT2D eigenvalue weighted by Crippen LogP contribution is 2.21. The first-order valence-corrected chi connectivity index (χ1v) is 4.95. The molecule has 1 aromatic carbocycles. The Balaban J connectivity index is 0.000000360. The molecule has 0 aliphatic heterocycles. The van der Waals surface area contributed by atoms with Crippen molar-refractivity contribution in [1.82, 2.24) is 0 Å². The minimum absolute atomic E-state index is 0.0231. The standard InChI is InChI=1S/C7H8N2O2.C4H6O3/c1-5-2-3-6(8)7(4-5)9(10)11;1-3(5)2-4(6)7/h2-4H,8H2,1H3;2H2,1H3,(H,6,7). The van der Waals surface area contributed by atoms with Gasteiger partial charge in [0.2, 0.25) is 0 Å². The second kappa shape index (κ2) is 7.00. The van der Waals surface area contributed by atoms with E-state index >= 15 is 0 Å². The summed E-state index contributed by atoms with van der Waals surface area (Å²) in [5.41, 5.74) is 6.37. The van der Waals surface area contributed by atoms with E-state index in [1.54, 1.807) is 13.0 Å². The van der Waals surface area contributed by atoms with Crippen LogP contribution in [0.4, 0.5) is 11.4 Å².